The normalized spacial score (nSPS) is 14.4. The number of unbranched alkanes of at least 4 members (excludes halogenated alkanes) is 42. The van der Waals surface area contributed by atoms with E-state index in [2.05, 4.69) is 34.6 Å². The van der Waals surface area contributed by atoms with E-state index < -0.39 is 97.5 Å². The van der Waals surface area contributed by atoms with Crippen molar-refractivity contribution in [2.24, 2.45) is 5.92 Å². The molecule has 0 saturated heterocycles. The van der Waals surface area contributed by atoms with Gasteiger partial charge in [0.15, 0.2) is 12.2 Å². The van der Waals surface area contributed by atoms with Gasteiger partial charge in [0.1, 0.15) is 19.3 Å². The third kappa shape index (κ3) is 63.5. The average Bonchev–Trinajstić information content (AvgIpc) is 3.51. The molecule has 0 heterocycles. The van der Waals surface area contributed by atoms with Crippen molar-refractivity contribution in [3.05, 3.63) is 0 Å². The summed E-state index contributed by atoms with van der Waals surface area (Å²) in [5.74, 6) is -1.32. The van der Waals surface area contributed by atoms with E-state index in [1.54, 1.807) is 0 Å². The number of aliphatic hydroxyl groups excluding tert-OH is 1. The van der Waals surface area contributed by atoms with Gasteiger partial charge in [0.25, 0.3) is 0 Å². The molecule has 0 rings (SSSR count). The number of hydrogen-bond donors (Lipinski definition) is 3. The molecule has 0 aliphatic rings. The van der Waals surface area contributed by atoms with Crippen LogP contribution < -0.4 is 0 Å². The predicted molar refractivity (Wildman–Crippen MR) is 363 cm³/mol. The second-order valence-corrected chi connectivity index (χ2v) is 28.8. The van der Waals surface area contributed by atoms with E-state index in [1.807, 2.05) is 0 Å². The lowest BCUT2D eigenvalue weighted by Gasteiger charge is -2.21. The predicted octanol–water partition coefficient (Wildman–Crippen LogP) is 20.5. The standard InChI is InChI=1S/C71H138O17P2/c1-6-10-13-16-18-20-22-23-24-25-26-27-28-29-30-31-32-38-42-47-52-57-71(76)88-67(61-82-69(74)55-50-45-40-37-34-33-35-39-44-48-53-64(5)9-4)63-86-90(79,80)84-59-65(72)58-83-89(77,78)85-62-66(60-81-68(73)54-49-43-15-12-8-3)87-70(75)56-51-46-41-36-21-19-17-14-11-7-2/h64-67,72H,6-63H2,1-5H3,(H,77,78)(H,79,80)/t64?,65-,66+,67+/m0/s1. The number of carbonyl (C=O) groups is 4. The minimum Gasteiger partial charge on any atom is -0.462 e. The van der Waals surface area contributed by atoms with E-state index >= 15 is 0 Å². The third-order valence-corrected chi connectivity index (χ3v) is 18.8. The van der Waals surface area contributed by atoms with Crippen molar-refractivity contribution in [2.45, 2.75) is 387 Å². The van der Waals surface area contributed by atoms with Crippen LogP contribution in [0, 0.1) is 5.92 Å². The molecule has 0 aliphatic heterocycles. The van der Waals surface area contributed by atoms with E-state index in [0.717, 1.165) is 102 Å². The summed E-state index contributed by atoms with van der Waals surface area (Å²) < 4.78 is 68.1. The lowest BCUT2D eigenvalue weighted by molar-refractivity contribution is -0.161. The smallest absolute Gasteiger partial charge is 0.462 e. The molecule has 0 aromatic carbocycles. The molecule has 90 heavy (non-hydrogen) atoms. The Hall–Kier alpha value is -1.94. The Bertz CT molecular complexity index is 1740. The van der Waals surface area contributed by atoms with Gasteiger partial charge in [-0.05, 0) is 31.6 Å². The van der Waals surface area contributed by atoms with E-state index in [-0.39, 0.29) is 25.7 Å². The summed E-state index contributed by atoms with van der Waals surface area (Å²) in [4.78, 5) is 72.2. The molecule has 534 valence electrons. The van der Waals surface area contributed by atoms with E-state index in [9.17, 15) is 43.2 Å². The number of ether oxygens (including phenoxy) is 4. The van der Waals surface area contributed by atoms with Crippen molar-refractivity contribution in [3.8, 4) is 0 Å². The van der Waals surface area contributed by atoms with E-state index in [4.69, 9.17) is 37.0 Å². The Kier molecular flexibility index (Phi) is 63.0. The maximum absolute atomic E-state index is 13.0. The highest BCUT2D eigenvalue weighted by molar-refractivity contribution is 7.47. The summed E-state index contributed by atoms with van der Waals surface area (Å²) >= 11 is 0. The maximum Gasteiger partial charge on any atom is 0.472 e. The molecule has 0 radical (unpaired) electrons. The Morgan fingerprint density at radius 2 is 0.533 bits per heavy atom. The number of carbonyl (C=O) groups excluding carboxylic acids is 4. The number of rotatable bonds is 71. The van der Waals surface area contributed by atoms with Crippen LogP contribution in [-0.4, -0.2) is 96.7 Å². The zero-order chi connectivity index (χ0) is 66.3. The summed E-state index contributed by atoms with van der Waals surface area (Å²) in [6.07, 6.45) is 51.8. The number of phosphoric ester groups is 2. The van der Waals surface area contributed by atoms with Gasteiger partial charge < -0.3 is 33.8 Å². The highest BCUT2D eigenvalue weighted by atomic mass is 31.2. The van der Waals surface area contributed by atoms with Gasteiger partial charge in [-0.2, -0.15) is 0 Å². The Morgan fingerprint density at radius 3 is 0.789 bits per heavy atom. The molecule has 0 bridgehead atoms. The van der Waals surface area contributed by atoms with Crippen molar-refractivity contribution in [3.63, 3.8) is 0 Å². The maximum atomic E-state index is 13.0. The summed E-state index contributed by atoms with van der Waals surface area (Å²) in [6.45, 7) is 7.18. The first kappa shape index (κ1) is 88.1. The molecule has 0 aromatic heterocycles. The molecule has 19 heteroatoms. The molecule has 0 aliphatic carbocycles. The molecule has 0 spiro atoms. The van der Waals surface area contributed by atoms with Crippen LogP contribution in [0.15, 0.2) is 0 Å². The second kappa shape index (κ2) is 64.4. The lowest BCUT2D eigenvalue weighted by Crippen LogP contribution is -2.30. The lowest BCUT2D eigenvalue weighted by atomic mass is 9.99. The van der Waals surface area contributed by atoms with Gasteiger partial charge in [-0.25, -0.2) is 9.13 Å². The molecular formula is C71H138O17P2. The van der Waals surface area contributed by atoms with Crippen LogP contribution in [0.2, 0.25) is 0 Å². The molecule has 0 fully saturated rings. The van der Waals surface area contributed by atoms with E-state index in [1.165, 1.54) is 186 Å². The molecule has 0 aromatic rings. The first-order chi connectivity index (χ1) is 43.6. The molecule has 0 amide bonds. The first-order valence-corrected chi connectivity index (χ1v) is 40.2. The van der Waals surface area contributed by atoms with Crippen molar-refractivity contribution in [1.82, 2.24) is 0 Å². The van der Waals surface area contributed by atoms with Crippen LogP contribution in [0.1, 0.15) is 369 Å². The number of esters is 4. The molecule has 3 N–H and O–H groups in total. The number of phosphoric acid groups is 2. The Morgan fingerprint density at radius 1 is 0.311 bits per heavy atom. The van der Waals surface area contributed by atoms with Crippen molar-refractivity contribution in [2.75, 3.05) is 39.6 Å². The monoisotopic (exact) mass is 1320 g/mol. The van der Waals surface area contributed by atoms with Gasteiger partial charge in [-0.15, -0.1) is 0 Å². The van der Waals surface area contributed by atoms with Crippen molar-refractivity contribution in [1.29, 1.82) is 0 Å². The zero-order valence-corrected chi connectivity index (χ0v) is 60.1. The second-order valence-electron chi connectivity index (χ2n) is 25.9. The highest BCUT2D eigenvalue weighted by Gasteiger charge is 2.30. The van der Waals surface area contributed by atoms with Gasteiger partial charge in [-0.3, -0.25) is 37.3 Å². The Balaban J connectivity index is 5.11. The van der Waals surface area contributed by atoms with Crippen LogP contribution in [0.5, 0.6) is 0 Å². The van der Waals surface area contributed by atoms with Gasteiger partial charge in [-0.1, -0.05) is 317 Å². The summed E-state index contributed by atoms with van der Waals surface area (Å²) in [6, 6.07) is 0. The molecule has 17 nitrogen and oxygen atoms in total. The Labute approximate surface area is 549 Å². The molecule has 0 saturated carbocycles. The minimum atomic E-state index is -4.95. The van der Waals surface area contributed by atoms with Gasteiger partial charge in [0.05, 0.1) is 26.4 Å². The largest absolute Gasteiger partial charge is 0.472 e. The SMILES string of the molecule is CCCCCCCCCCCCCCCCCCCCCCCC(=O)O[C@H](COC(=O)CCCCCCCCCCCCC(C)CC)COP(=O)(O)OC[C@@H](O)COP(=O)(O)OC[C@@H](COC(=O)CCCCCCC)OC(=O)CCCCCCCCCCCC. The third-order valence-electron chi connectivity index (χ3n) is 16.9. The fraction of sp³-hybridized carbons (Fsp3) is 0.944. The van der Waals surface area contributed by atoms with Crippen LogP contribution in [-0.2, 0) is 65.4 Å². The number of aliphatic hydroxyl groups is 1. The fourth-order valence-electron chi connectivity index (χ4n) is 10.8. The van der Waals surface area contributed by atoms with E-state index in [0.29, 0.717) is 25.7 Å². The van der Waals surface area contributed by atoms with Gasteiger partial charge in [0.2, 0.25) is 0 Å². The molecular weight excluding hydrogens is 1190 g/mol. The van der Waals surface area contributed by atoms with Crippen LogP contribution >= 0.6 is 15.6 Å². The van der Waals surface area contributed by atoms with Gasteiger partial charge >= 0.3 is 39.5 Å². The van der Waals surface area contributed by atoms with Crippen LogP contribution in [0.4, 0.5) is 0 Å². The molecule has 6 atom stereocenters. The van der Waals surface area contributed by atoms with Crippen LogP contribution in [0.3, 0.4) is 0 Å². The quantitative estimate of drug-likeness (QED) is 0.0222. The summed E-state index contributed by atoms with van der Waals surface area (Å²) in [7, 11) is -9.89. The summed E-state index contributed by atoms with van der Waals surface area (Å²) in [5, 5.41) is 10.6. The minimum absolute atomic E-state index is 0.106. The highest BCUT2D eigenvalue weighted by Crippen LogP contribution is 2.45. The molecule has 3 unspecified atom stereocenters. The van der Waals surface area contributed by atoms with Crippen molar-refractivity contribution >= 4 is 39.5 Å². The van der Waals surface area contributed by atoms with Crippen LogP contribution in [0.25, 0.3) is 0 Å². The topological polar surface area (TPSA) is 237 Å². The van der Waals surface area contributed by atoms with Crippen molar-refractivity contribution < 1.29 is 80.2 Å². The average molecular weight is 1330 g/mol. The fourth-order valence-corrected chi connectivity index (χ4v) is 12.4. The number of hydrogen-bond acceptors (Lipinski definition) is 15. The zero-order valence-electron chi connectivity index (χ0n) is 58.3. The van der Waals surface area contributed by atoms with Gasteiger partial charge in [0, 0.05) is 25.7 Å². The summed E-state index contributed by atoms with van der Waals surface area (Å²) in [5.41, 5.74) is 0. The first-order valence-electron chi connectivity index (χ1n) is 37.2.